The SMILES string of the molecule is O=c1cc(I)c2coc3ccc(Br)cc3c-2c1. The van der Waals surface area contributed by atoms with Gasteiger partial charge in [-0.25, -0.2) is 0 Å². The van der Waals surface area contributed by atoms with Crippen LogP contribution in [0.25, 0.3) is 22.1 Å². The molecule has 0 bridgehead atoms. The highest BCUT2D eigenvalue weighted by Gasteiger charge is 2.12. The van der Waals surface area contributed by atoms with Gasteiger partial charge in [-0.1, -0.05) is 15.9 Å². The zero-order valence-electron chi connectivity index (χ0n) is 8.54. The Morgan fingerprint density at radius 1 is 1.12 bits per heavy atom. The molecule has 0 saturated heterocycles. The molecule has 2 nitrogen and oxygen atoms in total. The zero-order chi connectivity index (χ0) is 12.0. The number of hydrogen-bond acceptors (Lipinski definition) is 2. The van der Waals surface area contributed by atoms with Crippen molar-refractivity contribution in [2.24, 2.45) is 0 Å². The topological polar surface area (TPSA) is 30.2 Å². The summed E-state index contributed by atoms with van der Waals surface area (Å²) in [6.07, 6.45) is 1.70. The highest BCUT2D eigenvalue weighted by molar-refractivity contribution is 14.1. The Kier molecular flexibility index (Phi) is 2.71. The largest absolute Gasteiger partial charge is 0.464 e. The normalized spacial score (nSPS) is 11.2. The van der Waals surface area contributed by atoms with Gasteiger partial charge >= 0.3 is 0 Å². The van der Waals surface area contributed by atoms with Crippen LogP contribution in [-0.2, 0) is 0 Å². The Morgan fingerprint density at radius 3 is 2.76 bits per heavy atom. The van der Waals surface area contributed by atoms with Gasteiger partial charge in [-0.05, 0) is 52.9 Å². The van der Waals surface area contributed by atoms with Crippen LogP contribution in [0.15, 0.2) is 50.3 Å². The molecule has 84 valence electrons. The molecule has 1 heterocycles. The number of halogens is 2. The number of benzene rings is 2. The Morgan fingerprint density at radius 2 is 1.94 bits per heavy atom. The van der Waals surface area contributed by atoms with Crippen LogP contribution in [0.4, 0.5) is 0 Å². The third kappa shape index (κ3) is 1.89. The molecule has 0 aromatic heterocycles. The minimum Gasteiger partial charge on any atom is -0.464 e. The van der Waals surface area contributed by atoms with Crippen LogP contribution in [0.5, 0.6) is 0 Å². The van der Waals surface area contributed by atoms with E-state index >= 15 is 0 Å². The molecule has 1 aromatic rings. The Bertz CT molecular complexity index is 748. The van der Waals surface area contributed by atoms with Gasteiger partial charge < -0.3 is 4.42 Å². The summed E-state index contributed by atoms with van der Waals surface area (Å²) in [6, 6.07) is 9.05. The van der Waals surface area contributed by atoms with E-state index in [1.165, 1.54) is 0 Å². The molecular formula is C13H6BrIO2. The van der Waals surface area contributed by atoms with E-state index in [2.05, 4.69) is 38.5 Å². The summed E-state index contributed by atoms with van der Waals surface area (Å²) < 4.78 is 7.46. The van der Waals surface area contributed by atoms with Crippen LogP contribution in [0.3, 0.4) is 0 Å². The predicted octanol–water partition coefficient (Wildman–Crippen LogP) is 4.26. The second kappa shape index (κ2) is 4.10. The summed E-state index contributed by atoms with van der Waals surface area (Å²) in [7, 11) is 0. The quantitative estimate of drug-likeness (QED) is 0.416. The summed E-state index contributed by atoms with van der Waals surface area (Å²) >= 11 is 5.59. The molecule has 4 heteroatoms. The molecule has 0 radical (unpaired) electrons. The van der Waals surface area contributed by atoms with Crippen LogP contribution in [0, 0.1) is 3.57 Å². The van der Waals surface area contributed by atoms with E-state index in [0.717, 1.165) is 30.1 Å². The average Bonchev–Trinajstić information content (AvgIpc) is 2.28. The van der Waals surface area contributed by atoms with Crippen molar-refractivity contribution < 1.29 is 4.42 Å². The first-order valence-electron chi connectivity index (χ1n) is 4.95. The molecule has 17 heavy (non-hydrogen) atoms. The van der Waals surface area contributed by atoms with Gasteiger partial charge in [0.1, 0.15) is 5.58 Å². The van der Waals surface area contributed by atoms with E-state index in [4.69, 9.17) is 4.42 Å². The lowest BCUT2D eigenvalue weighted by Crippen LogP contribution is -2.01. The Balaban J connectivity index is 2.56. The Labute approximate surface area is 119 Å². The van der Waals surface area contributed by atoms with E-state index in [-0.39, 0.29) is 5.43 Å². The number of fused-ring (bicyclic) bond motifs is 3. The molecule has 1 aliphatic carbocycles. The lowest BCUT2D eigenvalue weighted by atomic mass is 10.0. The smallest absolute Gasteiger partial charge is 0.180 e. The average molecular weight is 401 g/mol. The highest BCUT2D eigenvalue weighted by atomic mass is 127. The summed E-state index contributed by atoms with van der Waals surface area (Å²) in [5, 5.41) is 0.951. The fourth-order valence-electron chi connectivity index (χ4n) is 1.87. The maximum Gasteiger partial charge on any atom is 0.180 e. The van der Waals surface area contributed by atoms with E-state index in [1.807, 2.05) is 18.2 Å². The van der Waals surface area contributed by atoms with Gasteiger partial charge in [0, 0.05) is 24.6 Å². The molecule has 3 rings (SSSR count). The molecule has 0 saturated carbocycles. The van der Waals surface area contributed by atoms with Crippen molar-refractivity contribution in [2.45, 2.75) is 0 Å². The Hall–Kier alpha value is -0.880. The van der Waals surface area contributed by atoms with Gasteiger partial charge in [0.25, 0.3) is 0 Å². The second-order valence-electron chi connectivity index (χ2n) is 3.74. The van der Waals surface area contributed by atoms with Crippen molar-refractivity contribution in [1.82, 2.24) is 0 Å². The van der Waals surface area contributed by atoms with Gasteiger partial charge in [-0.3, -0.25) is 4.79 Å². The molecule has 0 fully saturated rings. The van der Waals surface area contributed by atoms with Crippen LogP contribution < -0.4 is 5.43 Å². The van der Waals surface area contributed by atoms with Crippen molar-refractivity contribution in [3.05, 3.63) is 54.9 Å². The van der Waals surface area contributed by atoms with Crippen molar-refractivity contribution in [3.63, 3.8) is 0 Å². The first-order chi connectivity index (χ1) is 8.15. The third-order valence-electron chi connectivity index (χ3n) is 2.64. The molecule has 0 unspecified atom stereocenters. The standard InChI is InChI=1S/C13H6BrIO2/c14-7-1-2-13-10(3-7)9-4-8(16)5-12(15)11(9)6-17-13/h1-6H. The van der Waals surface area contributed by atoms with Crippen molar-refractivity contribution in [2.75, 3.05) is 0 Å². The summed E-state index contributed by atoms with van der Waals surface area (Å²) in [4.78, 5) is 11.6. The fourth-order valence-corrected chi connectivity index (χ4v) is 2.96. The molecule has 0 amide bonds. The lowest BCUT2D eigenvalue weighted by molar-refractivity contribution is 0.605. The molecule has 0 spiro atoms. The fraction of sp³-hybridized carbons (Fsp3) is 0. The van der Waals surface area contributed by atoms with Crippen LogP contribution >= 0.6 is 38.5 Å². The number of rotatable bonds is 0. The zero-order valence-corrected chi connectivity index (χ0v) is 12.3. The molecule has 0 N–H and O–H groups in total. The van der Waals surface area contributed by atoms with Crippen LogP contribution in [0.1, 0.15) is 0 Å². The number of hydrogen-bond donors (Lipinski definition) is 0. The molecular weight excluding hydrogens is 395 g/mol. The summed E-state index contributed by atoms with van der Waals surface area (Å²) in [5.41, 5.74) is 2.71. The van der Waals surface area contributed by atoms with Crippen LogP contribution in [-0.4, -0.2) is 0 Å². The van der Waals surface area contributed by atoms with Gasteiger partial charge in [0.05, 0.1) is 6.26 Å². The molecule has 1 aromatic carbocycles. The minimum absolute atomic E-state index is 0.0226. The molecule has 2 aliphatic rings. The summed E-state index contributed by atoms with van der Waals surface area (Å²) in [6.45, 7) is 0. The van der Waals surface area contributed by atoms with E-state index in [0.29, 0.717) is 0 Å². The maximum absolute atomic E-state index is 11.6. The van der Waals surface area contributed by atoms with E-state index in [9.17, 15) is 4.79 Å². The molecule has 1 aliphatic heterocycles. The maximum atomic E-state index is 11.6. The van der Waals surface area contributed by atoms with E-state index < -0.39 is 0 Å². The van der Waals surface area contributed by atoms with Crippen molar-refractivity contribution >= 4 is 49.5 Å². The van der Waals surface area contributed by atoms with Gasteiger partial charge in [-0.15, -0.1) is 0 Å². The summed E-state index contributed by atoms with van der Waals surface area (Å²) in [5.74, 6) is 0. The van der Waals surface area contributed by atoms with Crippen molar-refractivity contribution in [1.29, 1.82) is 0 Å². The van der Waals surface area contributed by atoms with Gasteiger partial charge in [0.15, 0.2) is 5.43 Å². The third-order valence-corrected chi connectivity index (χ3v) is 4.02. The predicted molar refractivity (Wildman–Crippen MR) is 79.5 cm³/mol. The van der Waals surface area contributed by atoms with Crippen LogP contribution in [0.2, 0.25) is 0 Å². The molecule has 0 atom stereocenters. The first-order valence-corrected chi connectivity index (χ1v) is 6.83. The first kappa shape index (κ1) is 11.2. The minimum atomic E-state index is 0.0226. The van der Waals surface area contributed by atoms with E-state index in [1.54, 1.807) is 18.4 Å². The monoisotopic (exact) mass is 400 g/mol. The lowest BCUT2D eigenvalue weighted by Gasteiger charge is -2.09. The van der Waals surface area contributed by atoms with Gasteiger partial charge in [0.2, 0.25) is 0 Å². The van der Waals surface area contributed by atoms with Crippen molar-refractivity contribution in [3.8, 4) is 11.1 Å². The second-order valence-corrected chi connectivity index (χ2v) is 5.82. The highest BCUT2D eigenvalue weighted by Crippen LogP contribution is 2.34. The van der Waals surface area contributed by atoms with Gasteiger partial charge in [-0.2, -0.15) is 0 Å².